The lowest BCUT2D eigenvalue weighted by atomic mass is 10.00. The summed E-state index contributed by atoms with van der Waals surface area (Å²) in [5, 5.41) is 3.23. The van der Waals surface area contributed by atoms with Crippen molar-refractivity contribution in [2.45, 2.75) is 12.5 Å². The number of hydrogen-bond acceptors (Lipinski definition) is 4. The van der Waals surface area contributed by atoms with Gasteiger partial charge in [-0.2, -0.15) is 0 Å². The Morgan fingerprint density at radius 3 is 3.09 bits per heavy atom. The number of fused-ring (bicyclic) bond motifs is 1. The van der Waals surface area contributed by atoms with Crippen LogP contribution in [0.1, 0.15) is 28.4 Å². The zero-order valence-corrected chi connectivity index (χ0v) is 13.1. The summed E-state index contributed by atoms with van der Waals surface area (Å²) in [5.74, 6) is -0.105. The first-order chi connectivity index (χ1) is 11.1. The molecule has 7 heteroatoms. The van der Waals surface area contributed by atoms with Crippen LogP contribution in [0.3, 0.4) is 0 Å². The first-order valence-corrected chi connectivity index (χ1v) is 7.39. The highest BCUT2D eigenvalue weighted by Gasteiger charge is 2.25. The van der Waals surface area contributed by atoms with Gasteiger partial charge in [0, 0.05) is 24.2 Å². The zero-order valence-electron chi connectivity index (χ0n) is 12.3. The van der Waals surface area contributed by atoms with E-state index in [0.717, 1.165) is 5.56 Å². The van der Waals surface area contributed by atoms with E-state index in [4.69, 9.17) is 21.1 Å². The average molecular weight is 337 g/mol. The molecule has 1 atom stereocenters. The van der Waals surface area contributed by atoms with Gasteiger partial charge in [-0.25, -0.2) is 9.37 Å². The molecule has 1 aromatic heterocycles. The Bertz CT molecular complexity index is 754. The number of ether oxygens (including phenoxy) is 2. The Morgan fingerprint density at radius 1 is 1.48 bits per heavy atom. The molecule has 2 aromatic rings. The number of nitrogens with zero attached hydrogens (tertiary/aromatic N) is 1. The molecule has 1 aliphatic rings. The molecule has 0 aliphatic carbocycles. The largest absolute Gasteiger partial charge is 0.493 e. The number of rotatable bonds is 3. The molecule has 0 fully saturated rings. The van der Waals surface area contributed by atoms with E-state index < -0.39 is 0 Å². The van der Waals surface area contributed by atoms with Crippen molar-refractivity contribution in [1.29, 1.82) is 0 Å². The Morgan fingerprint density at radius 2 is 2.30 bits per heavy atom. The third-order valence-electron chi connectivity index (χ3n) is 3.58. The molecule has 120 valence electrons. The van der Waals surface area contributed by atoms with Crippen LogP contribution in [0.5, 0.6) is 11.6 Å². The molecule has 1 aliphatic heterocycles. The predicted molar refractivity (Wildman–Crippen MR) is 82.5 cm³/mol. The molecule has 1 aromatic carbocycles. The molecule has 0 spiro atoms. The van der Waals surface area contributed by atoms with E-state index in [-0.39, 0.29) is 29.2 Å². The molecule has 1 amide bonds. The summed E-state index contributed by atoms with van der Waals surface area (Å²) in [7, 11) is 1.43. The van der Waals surface area contributed by atoms with Gasteiger partial charge in [-0.15, -0.1) is 0 Å². The van der Waals surface area contributed by atoms with Gasteiger partial charge in [-0.3, -0.25) is 4.79 Å². The van der Waals surface area contributed by atoms with E-state index in [1.54, 1.807) is 6.07 Å². The summed E-state index contributed by atoms with van der Waals surface area (Å²) >= 11 is 5.90. The first kappa shape index (κ1) is 15.6. The van der Waals surface area contributed by atoms with E-state index in [9.17, 15) is 9.18 Å². The van der Waals surface area contributed by atoms with Crippen LogP contribution in [-0.4, -0.2) is 24.6 Å². The van der Waals surface area contributed by atoms with Gasteiger partial charge in [-0.1, -0.05) is 17.7 Å². The van der Waals surface area contributed by atoms with E-state index in [0.29, 0.717) is 23.8 Å². The zero-order chi connectivity index (χ0) is 16.4. The van der Waals surface area contributed by atoms with Gasteiger partial charge < -0.3 is 14.8 Å². The molecule has 2 heterocycles. The van der Waals surface area contributed by atoms with Gasteiger partial charge in [0.2, 0.25) is 5.88 Å². The van der Waals surface area contributed by atoms with Crippen LogP contribution in [0, 0.1) is 5.82 Å². The van der Waals surface area contributed by atoms with E-state index >= 15 is 0 Å². The number of carbonyl (C=O) groups excluding carboxylic acids is 1. The molecule has 0 radical (unpaired) electrons. The third-order valence-corrected chi connectivity index (χ3v) is 3.78. The Hall–Kier alpha value is -2.34. The number of methoxy groups -OCH3 is 1. The molecule has 5 nitrogen and oxygen atoms in total. The van der Waals surface area contributed by atoms with Crippen molar-refractivity contribution in [1.82, 2.24) is 10.3 Å². The second-order valence-electron chi connectivity index (χ2n) is 5.06. The van der Waals surface area contributed by atoms with Crippen molar-refractivity contribution < 1.29 is 18.7 Å². The van der Waals surface area contributed by atoms with Gasteiger partial charge in [0.1, 0.15) is 17.1 Å². The maximum Gasteiger partial charge on any atom is 0.257 e. The topological polar surface area (TPSA) is 60.5 Å². The second kappa shape index (κ2) is 6.42. The highest BCUT2D eigenvalue weighted by molar-refractivity contribution is 6.30. The number of benzene rings is 1. The summed E-state index contributed by atoms with van der Waals surface area (Å²) in [4.78, 5) is 16.5. The summed E-state index contributed by atoms with van der Waals surface area (Å²) in [6.07, 6.45) is 1.99. The minimum atomic E-state index is -0.378. The predicted octanol–water partition coefficient (Wildman–Crippen LogP) is 3.14. The minimum Gasteiger partial charge on any atom is -0.493 e. The molecule has 1 unspecified atom stereocenters. The van der Waals surface area contributed by atoms with Crippen LogP contribution >= 0.6 is 11.6 Å². The van der Waals surface area contributed by atoms with Crippen LogP contribution in [0.25, 0.3) is 0 Å². The van der Waals surface area contributed by atoms with E-state index in [1.807, 2.05) is 0 Å². The van der Waals surface area contributed by atoms with Gasteiger partial charge in [0.15, 0.2) is 0 Å². The van der Waals surface area contributed by atoms with Crippen LogP contribution in [0.2, 0.25) is 5.02 Å². The fraction of sp³-hybridized carbons (Fsp3) is 0.250. The number of amides is 1. The molecule has 0 bridgehead atoms. The molecular formula is C16H14ClFN2O3. The standard InChI is InChI=1S/C16H14ClFN2O3/c1-22-16-12(6-9(17)8-19-16)15(21)20-13-4-5-23-14-7-10(18)2-3-11(13)14/h2-3,6-8,13H,4-5H2,1H3,(H,20,21). The van der Waals surface area contributed by atoms with Crippen LogP contribution < -0.4 is 14.8 Å². The lowest BCUT2D eigenvalue weighted by Crippen LogP contribution is -2.32. The SMILES string of the molecule is COc1ncc(Cl)cc1C(=O)NC1CCOc2cc(F)ccc21. The summed E-state index contributed by atoms with van der Waals surface area (Å²) < 4.78 is 23.8. The highest BCUT2D eigenvalue weighted by Crippen LogP contribution is 2.33. The van der Waals surface area contributed by atoms with E-state index in [2.05, 4.69) is 10.3 Å². The van der Waals surface area contributed by atoms with Crippen LogP contribution in [0.4, 0.5) is 4.39 Å². The average Bonchev–Trinajstić information content (AvgIpc) is 2.54. The quantitative estimate of drug-likeness (QED) is 0.935. The van der Waals surface area contributed by atoms with Gasteiger partial charge in [0.05, 0.1) is 24.8 Å². The van der Waals surface area contributed by atoms with E-state index in [1.165, 1.54) is 31.5 Å². The number of pyridine rings is 1. The number of hydrogen-bond donors (Lipinski definition) is 1. The van der Waals surface area contributed by atoms with Crippen LogP contribution in [-0.2, 0) is 0 Å². The number of halogens is 2. The van der Waals surface area contributed by atoms with Gasteiger partial charge in [0.25, 0.3) is 5.91 Å². The second-order valence-corrected chi connectivity index (χ2v) is 5.49. The fourth-order valence-corrected chi connectivity index (χ4v) is 2.66. The lowest BCUT2D eigenvalue weighted by Gasteiger charge is -2.26. The summed E-state index contributed by atoms with van der Waals surface area (Å²) in [5.41, 5.74) is 0.982. The van der Waals surface area contributed by atoms with Gasteiger partial charge >= 0.3 is 0 Å². The van der Waals surface area contributed by atoms with Crippen molar-refractivity contribution in [3.05, 3.63) is 52.4 Å². The smallest absolute Gasteiger partial charge is 0.257 e. The van der Waals surface area contributed by atoms with Crippen molar-refractivity contribution in [2.75, 3.05) is 13.7 Å². The molecule has 3 rings (SSSR count). The third kappa shape index (κ3) is 3.22. The first-order valence-electron chi connectivity index (χ1n) is 7.01. The van der Waals surface area contributed by atoms with Crippen molar-refractivity contribution in [2.24, 2.45) is 0 Å². The summed E-state index contributed by atoms with van der Waals surface area (Å²) in [6.45, 7) is 0.395. The number of aromatic nitrogens is 1. The normalized spacial score (nSPS) is 16.2. The molecular weight excluding hydrogens is 323 g/mol. The maximum absolute atomic E-state index is 13.3. The Labute approximate surface area is 137 Å². The minimum absolute atomic E-state index is 0.193. The van der Waals surface area contributed by atoms with Crippen molar-refractivity contribution in [3.63, 3.8) is 0 Å². The lowest BCUT2D eigenvalue weighted by molar-refractivity contribution is 0.0921. The maximum atomic E-state index is 13.3. The number of carbonyl (C=O) groups is 1. The Kier molecular flexibility index (Phi) is 4.34. The molecule has 1 N–H and O–H groups in total. The van der Waals surface area contributed by atoms with Crippen LogP contribution in [0.15, 0.2) is 30.5 Å². The fourth-order valence-electron chi connectivity index (χ4n) is 2.50. The highest BCUT2D eigenvalue weighted by atomic mass is 35.5. The van der Waals surface area contributed by atoms with Crippen molar-refractivity contribution >= 4 is 17.5 Å². The molecule has 0 saturated heterocycles. The van der Waals surface area contributed by atoms with Gasteiger partial charge in [-0.05, 0) is 12.1 Å². The number of nitrogens with one attached hydrogen (secondary N) is 1. The summed E-state index contributed by atoms with van der Waals surface area (Å²) in [6, 6.07) is 5.48. The van der Waals surface area contributed by atoms with Crippen molar-refractivity contribution in [3.8, 4) is 11.6 Å². The molecule has 0 saturated carbocycles. The Balaban J connectivity index is 1.86. The molecule has 23 heavy (non-hydrogen) atoms. The monoisotopic (exact) mass is 336 g/mol.